The van der Waals surface area contributed by atoms with Gasteiger partial charge >= 0.3 is 6.03 Å². The zero-order valence-electron chi connectivity index (χ0n) is 14.6. The maximum absolute atomic E-state index is 12.6. The van der Waals surface area contributed by atoms with E-state index in [-0.39, 0.29) is 18.2 Å². The van der Waals surface area contributed by atoms with Gasteiger partial charge in [0.25, 0.3) is 0 Å². The summed E-state index contributed by atoms with van der Waals surface area (Å²) in [5.41, 5.74) is 0.855. The summed E-state index contributed by atoms with van der Waals surface area (Å²) in [6.45, 7) is 5.45. The summed E-state index contributed by atoms with van der Waals surface area (Å²) in [5, 5.41) is 7.94. The summed E-state index contributed by atoms with van der Waals surface area (Å²) >= 11 is 6.26. The van der Waals surface area contributed by atoms with Crippen LogP contribution in [0.5, 0.6) is 0 Å². The van der Waals surface area contributed by atoms with Crippen LogP contribution in [0.25, 0.3) is 0 Å². The fourth-order valence-corrected chi connectivity index (χ4v) is 3.35. The Labute approximate surface area is 151 Å². The lowest BCUT2D eigenvalue weighted by atomic mass is 10.0. The molecule has 0 saturated carbocycles. The summed E-state index contributed by atoms with van der Waals surface area (Å²) in [5.74, 6) is 1.53. The van der Waals surface area contributed by atoms with Gasteiger partial charge in [0.1, 0.15) is 17.8 Å². The number of carbonyl (C=O) groups is 1. The molecule has 0 fully saturated rings. The number of amides is 2. The molecule has 2 heterocycles. The van der Waals surface area contributed by atoms with Gasteiger partial charge in [-0.1, -0.05) is 29.8 Å². The number of nitrogens with one attached hydrogen (secondary N) is 1. The highest BCUT2D eigenvalue weighted by molar-refractivity contribution is 6.31. The van der Waals surface area contributed by atoms with Crippen molar-refractivity contribution in [1.29, 1.82) is 0 Å². The summed E-state index contributed by atoms with van der Waals surface area (Å²) in [6, 6.07) is 7.12. The third-order valence-electron chi connectivity index (χ3n) is 4.33. The number of nitrogens with zero attached hydrogens (tertiary/aromatic N) is 4. The molecule has 1 aliphatic heterocycles. The maximum Gasteiger partial charge on any atom is 0.318 e. The number of fused-ring (bicyclic) bond motifs is 1. The molecule has 0 aliphatic carbocycles. The number of hydrogen-bond acceptors (Lipinski definition) is 4. The van der Waals surface area contributed by atoms with Crippen molar-refractivity contribution in [2.75, 3.05) is 13.7 Å². The van der Waals surface area contributed by atoms with Gasteiger partial charge in [-0.25, -0.2) is 14.5 Å². The lowest BCUT2D eigenvalue weighted by Crippen LogP contribution is -2.48. The second kappa shape index (κ2) is 7.41. The van der Waals surface area contributed by atoms with Gasteiger partial charge in [-0.3, -0.25) is 0 Å². The zero-order valence-corrected chi connectivity index (χ0v) is 15.3. The zero-order chi connectivity index (χ0) is 18.0. The summed E-state index contributed by atoms with van der Waals surface area (Å²) in [6.07, 6.45) is -0.326. The lowest BCUT2D eigenvalue weighted by molar-refractivity contribution is 0.0727. The lowest BCUT2D eigenvalue weighted by Gasteiger charge is -2.30. The maximum atomic E-state index is 12.6. The van der Waals surface area contributed by atoms with E-state index < -0.39 is 0 Å². The Balaban J connectivity index is 1.67. The van der Waals surface area contributed by atoms with Crippen molar-refractivity contribution >= 4 is 17.6 Å². The van der Waals surface area contributed by atoms with Crippen LogP contribution < -0.4 is 5.32 Å². The van der Waals surface area contributed by atoms with E-state index in [1.54, 1.807) is 12.0 Å². The first-order valence-electron chi connectivity index (χ1n) is 8.22. The first-order chi connectivity index (χ1) is 12.0. The first-order valence-corrected chi connectivity index (χ1v) is 8.60. The average Bonchev–Trinajstić information content (AvgIpc) is 2.96. The van der Waals surface area contributed by atoms with Crippen LogP contribution >= 0.6 is 11.6 Å². The number of halogens is 1. The van der Waals surface area contributed by atoms with Gasteiger partial charge in [-0.15, -0.1) is 0 Å². The molecule has 0 bridgehead atoms. The largest absolute Gasteiger partial charge is 0.375 e. The smallest absolute Gasteiger partial charge is 0.318 e. The Bertz CT molecular complexity index is 763. The molecular weight excluding hydrogens is 342 g/mol. The Morgan fingerprint density at radius 1 is 1.36 bits per heavy atom. The van der Waals surface area contributed by atoms with Gasteiger partial charge < -0.3 is 15.0 Å². The van der Waals surface area contributed by atoms with Gasteiger partial charge in [-0.2, -0.15) is 5.10 Å². The molecule has 25 heavy (non-hydrogen) atoms. The number of rotatable bonds is 4. The molecule has 1 aromatic carbocycles. The minimum Gasteiger partial charge on any atom is -0.375 e. The van der Waals surface area contributed by atoms with Crippen molar-refractivity contribution in [3.63, 3.8) is 0 Å². The first kappa shape index (κ1) is 17.7. The molecule has 8 heteroatoms. The number of benzene rings is 1. The third kappa shape index (κ3) is 3.77. The van der Waals surface area contributed by atoms with Crippen molar-refractivity contribution in [3.8, 4) is 0 Å². The average molecular weight is 364 g/mol. The molecule has 134 valence electrons. The molecule has 2 atom stereocenters. The Kier molecular flexibility index (Phi) is 5.24. The molecule has 2 aromatic rings. The Morgan fingerprint density at radius 2 is 2.12 bits per heavy atom. The van der Waals surface area contributed by atoms with Crippen molar-refractivity contribution < 1.29 is 9.53 Å². The van der Waals surface area contributed by atoms with Gasteiger partial charge in [-0.05, 0) is 19.9 Å². The number of ether oxygens (including phenoxy) is 1. The van der Waals surface area contributed by atoms with Gasteiger partial charge in [0, 0.05) is 24.2 Å². The second-order valence-corrected chi connectivity index (χ2v) is 6.54. The molecular formula is C17H22ClN5O2. The summed E-state index contributed by atoms with van der Waals surface area (Å²) in [7, 11) is 1.61. The highest BCUT2D eigenvalue weighted by Gasteiger charge is 2.27. The van der Waals surface area contributed by atoms with Crippen LogP contribution in [0.2, 0.25) is 5.02 Å². The fourth-order valence-electron chi connectivity index (χ4n) is 3.10. The topological polar surface area (TPSA) is 72.3 Å². The van der Waals surface area contributed by atoms with Crippen molar-refractivity contribution in [1.82, 2.24) is 25.0 Å². The number of hydrogen-bond donors (Lipinski definition) is 1. The molecule has 0 radical (unpaired) electrons. The molecule has 3 rings (SSSR count). The van der Waals surface area contributed by atoms with E-state index in [2.05, 4.69) is 15.4 Å². The fraction of sp³-hybridized carbons (Fsp3) is 0.471. The van der Waals surface area contributed by atoms with Gasteiger partial charge in [0.15, 0.2) is 0 Å². The molecule has 0 saturated heterocycles. The molecule has 1 aromatic heterocycles. The predicted octanol–water partition coefficient (Wildman–Crippen LogP) is 2.54. The van der Waals surface area contributed by atoms with E-state index in [0.29, 0.717) is 24.7 Å². The van der Waals surface area contributed by atoms with Crippen molar-refractivity contribution in [3.05, 3.63) is 46.5 Å². The van der Waals surface area contributed by atoms with Crippen LogP contribution in [0.15, 0.2) is 24.3 Å². The predicted molar refractivity (Wildman–Crippen MR) is 94.4 cm³/mol. The SMILES string of the molecule is COC(c1ccccc1Cl)C(C)NC(=O)N1CCn2nc(C)nc2C1. The van der Waals surface area contributed by atoms with Gasteiger partial charge in [0.05, 0.1) is 19.1 Å². The summed E-state index contributed by atoms with van der Waals surface area (Å²) in [4.78, 5) is 18.7. The monoisotopic (exact) mass is 363 g/mol. The van der Waals surface area contributed by atoms with E-state index in [0.717, 1.165) is 17.2 Å². The van der Waals surface area contributed by atoms with E-state index in [1.165, 1.54) is 0 Å². The number of carbonyl (C=O) groups excluding carboxylic acids is 1. The van der Waals surface area contributed by atoms with Crippen LogP contribution in [0.1, 0.15) is 30.2 Å². The highest BCUT2D eigenvalue weighted by Crippen LogP contribution is 2.27. The van der Waals surface area contributed by atoms with E-state index in [9.17, 15) is 4.79 Å². The number of aromatic nitrogens is 3. The quantitative estimate of drug-likeness (QED) is 0.906. The second-order valence-electron chi connectivity index (χ2n) is 6.14. The normalized spacial score (nSPS) is 16.2. The Morgan fingerprint density at radius 3 is 2.84 bits per heavy atom. The minimum absolute atomic E-state index is 0.145. The van der Waals surface area contributed by atoms with Crippen LogP contribution in [0.3, 0.4) is 0 Å². The standard InChI is InChI=1S/C17H22ClN5O2/c1-11(16(25-3)13-6-4-5-7-14(13)18)19-17(24)22-8-9-23-15(10-22)20-12(2)21-23/h4-7,11,16H,8-10H2,1-3H3,(H,19,24). The minimum atomic E-state index is -0.326. The van der Waals surface area contributed by atoms with Crippen LogP contribution in [0.4, 0.5) is 4.79 Å². The third-order valence-corrected chi connectivity index (χ3v) is 4.67. The number of urea groups is 1. The number of aryl methyl sites for hydroxylation is 1. The summed E-state index contributed by atoms with van der Waals surface area (Å²) < 4.78 is 7.43. The highest BCUT2D eigenvalue weighted by atomic mass is 35.5. The van der Waals surface area contributed by atoms with Gasteiger partial charge in [0.2, 0.25) is 0 Å². The van der Waals surface area contributed by atoms with Crippen molar-refractivity contribution in [2.24, 2.45) is 0 Å². The van der Waals surface area contributed by atoms with Crippen molar-refractivity contribution in [2.45, 2.75) is 39.1 Å². The molecule has 2 amide bonds. The molecule has 7 nitrogen and oxygen atoms in total. The van der Waals surface area contributed by atoms with Crippen LogP contribution in [0, 0.1) is 6.92 Å². The molecule has 0 spiro atoms. The molecule has 2 unspecified atom stereocenters. The van der Waals surface area contributed by atoms with E-state index >= 15 is 0 Å². The molecule has 1 N–H and O–H groups in total. The molecule has 1 aliphatic rings. The van der Waals surface area contributed by atoms with Crippen LogP contribution in [-0.4, -0.2) is 45.4 Å². The van der Waals surface area contributed by atoms with E-state index in [1.807, 2.05) is 42.8 Å². The number of methoxy groups -OCH3 is 1. The van der Waals surface area contributed by atoms with Crippen LogP contribution in [-0.2, 0) is 17.8 Å². The van der Waals surface area contributed by atoms with E-state index in [4.69, 9.17) is 16.3 Å². The Hall–Kier alpha value is -2.12.